The lowest BCUT2D eigenvalue weighted by atomic mass is 10.1. The molecule has 3 nitrogen and oxygen atoms in total. The standard InChI is InChI=1S/C16H27N3S/c1-13(17)16(15-6-5-11-20-15)19-10-7-14(12-19)18-8-3-2-4-9-18/h5-6,11,13-14,16H,2-4,7-10,12,17H2,1H3. The van der Waals surface area contributed by atoms with Gasteiger partial charge in [-0.05, 0) is 50.7 Å². The monoisotopic (exact) mass is 293 g/mol. The van der Waals surface area contributed by atoms with E-state index in [9.17, 15) is 0 Å². The summed E-state index contributed by atoms with van der Waals surface area (Å²) in [6.07, 6.45) is 5.51. The first-order chi connectivity index (χ1) is 9.75. The number of hydrogen-bond donors (Lipinski definition) is 1. The van der Waals surface area contributed by atoms with Gasteiger partial charge in [0.15, 0.2) is 0 Å². The first-order valence-electron chi connectivity index (χ1n) is 8.03. The van der Waals surface area contributed by atoms with Crippen LogP contribution in [0.4, 0.5) is 0 Å². The van der Waals surface area contributed by atoms with Crippen LogP contribution < -0.4 is 5.73 Å². The number of thiophene rings is 1. The summed E-state index contributed by atoms with van der Waals surface area (Å²) in [7, 11) is 0. The van der Waals surface area contributed by atoms with Crippen molar-refractivity contribution >= 4 is 11.3 Å². The minimum absolute atomic E-state index is 0.203. The summed E-state index contributed by atoms with van der Waals surface area (Å²) in [5.41, 5.74) is 6.28. The molecule has 3 unspecified atom stereocenters. The van der Waals surface area contributed by atoms with Gasteiger partial charge in [0.1, 0.15) is 0 Å². The van der Waals surface area contributed by atoms with Gasteiger partial charge in [0.2, 0.25) is 0 Å². The molecule has 112 valence electrons. The second-order valence-corrected chi connectivity index (χ2v) is 7.33. The molecule has 20 heavy (non-hydrogen) atoms. The Morgan fingerprint density at radius 1 is 1.25 bits per heavy atom. The molecule has 3 atom stereocenters. The quantitative estimate of drug-likeness (QED) is 0.926. The van der Waals surface area contributed by atoms with Crippen LogP contribution in [0, 0.1) is 0 Å². The number of nitrogens with two attached hydrogens (primary N) is 1. The normalized spacial score (nSPS) is 28.6. The number of hydrogen-bond acceptors (Lipinski definition) is 4. The molecular weight excluding hydrogens is 266 g/mol. The number of piperidine rings is 1. The molecule has 0 bridgehead atoms. The van der Waals surface area contributed by atoms with Gasteiger partial charge in [0, 0.05) is 30.1 Å². The molecule has 0 radical (unpaired) electrons. The highest BCUT2D eigenvalue weighted by atomic mass is 32.1. The maximum absolute atomic E-state index is 6.28. The van der Waals surface area contributed by atoms with Crippen molar-refractivity contribution in [1.29, 1.82) is 0 Å². The topological polar surface area (TPSA) is 32.5 Å². The first kappa shape index (κ1) is 14.5. The molecular formula is C16H27N3S. The number of nitrogens with zero attached hydrogens (tertiary/aromatic N) is 2. The van der Waals surface area contributed by atoms with Crippen molar-refractivity contribution in [3.63, 3.8) is 0 Å². The van der Waals surface area contributed by atoms with Crippen molar-refractivity contribution in [1.82, 2.24) is 9.80 Å². The van der Waals surface area contributed by atoms with Gasteiger partial charge in [0.05, 0.1) is 6.04 Å². The van der Waals surface area contributed by atoms with E-state index in [1.165, 1.54) is 56.7 Å². The van der Waals surface area contributed by atoms with Gasteiger partial charge in [-0.1, -0.05) is 12.5 Å². The Bertz CT molecular complexity index is 398. The number of rotatable bonds is 4. The molecule has 0 saturated carbocycles. The van der Waals surface area contributed by atoms with Crippen LogP contribution in [0.25, 0.3) is 0 Å². The van der Waals surface area contributed by atoms with Crippen LogP contribution in [-0.2, 0) is 0 Å². The van der Waals surface area contributed by atoms with E-state index in [4.69, 9.17) is 5.73 Å². The molecule has 2 aliphatic rings. The molecule has 2 aliphatic heterocycles. The van der Waals surface area contributed by atoms with E-state index in [0.717, 1.165) is 6.04 Å². The molecule has 4 heteroatoms. The van der Waals surface area contributed by atoms with Crippen LogP contribution >= 0.6 is 11.3 Å². The second-order valence-electron chi connectivity index (χ2n) is 6.35. The summed E-state index contributed by atoms with van der Waals surface area (Å²) in [4.78, 5) is 6.77. The Balaban J connectivity index is 1.65. The third-order valence-corrected chi connectivity index (χ3v) is 5.77. The largest absolute Gasteiger partial charge is 0.326 e. The smallest absolute Gasteiger partial charge is 0.0591 e. The van der Waals surface area contributed by atoms with E-state index < -0.39 is 0 Å². The van der Waals surface area contributed by atoms with Crippen molar-refractivity contribution < 1.29 is 0 Å². The maximum Gasteiger partial charge on any atom is 0.0591 e. The highest BCUT2D eigenvalue weighted by molar-refractivity contribution is 7.10. The van der Waals surface area contributed by atoms with Crippen molar-refractivity contribution in [2.75, 3.05) is 26.2 Å². The number of likely N-dealkylation sites (tertiary alicyclic amines) is 2. The minimum atomic E-state index is 0.203. The molecule has 2 saturated heterocycles. The summed E-state index contributed by atoms with van der Waals surface area (Å²) in [6, 6.07) is 5.76. The Morgan fingerprint density at radius 2 is 2.05 bits per heavy atom. The van der Waals surface area contributed by atoms with Crippen LogP contribution in [0.5, 0.6) is 0 Å². The van der Waals surface area contributed by atoms with Crippen LogP contribution in [0.3, 0.4) is 0 Å². The lowest BCUT2D eigenvalue weighted by Gasteiger charge is -2.34. The average Bonchev–Trinajstić information content (AvgIpc) is 3.12. The highest BCUT2D eigenvalue weighted by Crippen LogP contribution is 2.32. The molecule has 3 heterocycles. The van der Waals surface area contributed by atoms with Crippen LogP contribution in [0.1, 0.15) is 43.5 Å². The van der Waals surface area contributed by atoms with Gasteiger partial charge in [-0.15, -0.1) is 11.3 Å². The van der Waals surface area contributed by atoms with E-state index >= 15 is 0 Å². The fraction of sp³-hybridized carbons (Fsp3) is 0.750. The molecule has 1 aromatic heterocycles. The Kier molecular flexibility index (Phi) is 4.76. The summed E-state index contributed by atoms with van der Waals surface area (Å²) in [6.45, 7) is 7.16. The predicted octanol–water partition coefficient (Wildman–Crippen LogP) is 2.70. The maximum atomic E-state index is 6.28. The van der Waals surface area contributed by atoms with Gasteiger partial charge >= 0.3 is 0 Å². The lowest BCUT2D eigenvalue weighted by molar-refractivity contribution is 0.147. The zero-order chi connectivity index (χ0) is 13.9. The van der Waals surface area contributed by atoms with E-state index in [0.29, 0.717) is 6.04 Å². The molecule has 0 aromatic carbocycles. The van der Waals surface area contributed by atoms with Crippen molar-refractivity contribution in [2.24, 2.45) is 5.73 Å². The van der Waals surface area contributed by atoms with Gasteiger partial charge in [0.25, 0.3) is 0 Å². The van der Waals surface area contributed by atoms with Gasteiger partial charge in [-0.25, -0.2) is 0 Å². The third-order valence-electron chi connectivity index (χ3n) is 4.83. The Labute approximate surface area is 126 Å². The third kappa shape index (κ3) is 3.08. The first-order valence-corrected chi connectivity index (χ1v) is 8.91. The fourth-order valence-corrected chi connectivity index (χ4v) is 4.81. The zero-order valence-corrected chi connectivity index (χ0v) is 13.3. The van der Waals surface area contributed by atoms with E-state index in [2.05, 4.69) is 34.2 Å². The van der Waals surface area contributed by atoms with Crippen LogP contribution in [0.2, 0.25) is 0 Å². The SMILES string of the molecule is CC(N)C(c1cccs1)N1CCC(N2CCCCC2)C1. The van der Waals surface area contributed by atoms with Crippen molar-refractivity contribution in [2.45, 2.75) is 50.7 Å². The van der Waals surface area contributed by atoms with Gasteiger partial charge in [-0.2, -0.15) is 0 Å². The lowest BCUT2D eigenvalue weighted by Crippen LogP contribution is -2.43. The highest BCUT2D eigenvalue weighted by Gasteiger charge is 2.34. The summed E-state index contributed by atoms with van der Waals surface area (Å²) in [5.74, 6) is 0. The second kappa shape index (κ2) is 6.56. The molecule has 2 N–H and O–H groups in total. The van der Waals surface area contributed by atoms with Crippen LogP contribution in [0.15, 0.2) is 17.5 Å². The van der Waals surface area contributed by atoms with Gasteiger partial charge in [-0.3, -0.25) is 9.80 Å². The summed E-state index contributed by atoms with van der Waals surface area (Å²) in [5, 5.41) is 2.17. The van der Waals surface area contributed by atoms with Crippen LogP contribution in [-0.4, -0.2) is 48.1 Å². The van der Waals surface area contributed by atoms with Gasteiger partial charge < -0.3 is 5.73 Å². The summed E-state index contributed by atoms with van der Waals surface area (Å²) >= 11 is 1.85. The molecule has 1 aromatic rings. The Hall–Kier alpha value is -0.420. The Morgan fingerprint density at radius 3 is 2.70 bits per heavy atom. The fourth-order valence-electron chi connectivity index (χ4n) is 3.83. The van der Waals surface area contributed by atoms with E-state index in [-0.39, 0.29) is 6.04 Å². The minimum Gasteiger partial charge on any atom is -0.326 e. The van der Waals surface area contributed by atoms with Crippen molar-refractivity contribution in [3.8, 4) is 0 Å². The molecule has 0 amide bonds. The molecule has 0 aliphatic carbocycles. The predicted molar refractivity (Wildman–Crippen MR) is 86.1 cm³/mol. The van der Waals surface area contributed by atoms with Crippen molar-refractivity contribution in [3.05, 3.63) is 22.4 Å². The molecule has 3 rings (SSSR count). The average molecular weight is 293 g/mol. The molecule has 2 fully saturated rings. The summed E-state index contributed by atoms with van der Waals surface area (Å²) < 4.78 is 0. The molecule has 0 spiro atoms. The van der Waals surface area contributed by atoms with E-state index in [1.807, 2.05) is 11.3 Å². The zero-order valence-electron chi connectivity index (χ0n) is 12.5. The van der Waals surface area contributed by atoms with E-state index in [1.54, 1.807) is 0 Å².